The monoisotopic (exact) mass is 266 g/mol. The minimum atomic E-state index is -6.98. The molecule has 1 saturated heterocycles. The topological polar surface area (TPSA) is 12.5 Å². The SMILES string of the molecule is FC(F)(F)C(F)(F)C(F)(F)C1(F)OC1(F)F. The van der Waals surface area contributed by atoms with Gasteiger partial charge in [-0.1, -0.05) is 0 Å². The van der Waals surface area contributed by atoms with Crippen LogP contribution in [0.4, 0.5) is 43.9 Å². The lowest BCUT2D eigenvalue weighted by Crippen LogP contribution is -2.59. The molecule has 1 heterocycles. The molecule has 1 aliphatic heterocycles. The summed E-state index contributed by atoms with van der Waals surface area (Å²) in [7, 11) is 0. The van der Waals surface area contributed by atoms with E-state index in [-0.39, 0.29) is 0 Å². The van der Waals surface area contributed by atoms with Gasteiger partial charge in [0.15, 0.2) is 0 Å². The molecule has 96 valence electrons. The molecule has 0 aromatic rings. The minimum absolute atomic E-state index is 2.31. The van der Waals surface area contributed by atoms with E-state index in [1.54, 1.807) is 0 Å². The van der Waals surface area contributed by atoms with E-state index in [9.17, 15) is 43.9 Å². The van der Waals surface area contributed by atoms with E-state index >= 15 is 0 Å². The molecule has 0 spiro atoms. The highest BCUT2D eigenvalue weighted by molar-refractivity contribution is 5.11. The lowest BCUT2D eigenvalue weighted by atomic mass is 10.1. The molecule has 16 heavy (non-hydrogen) atoms. The molecule has 11 heteroatoms. The van der Waals surface area contributed by atoms with Gasteiger partial charge >= 0.3 is 30.0 Å². The molecule has 0 amide bonds. The van der Waals surface area contributed by atoms with Gasteiger partial charge < -0.3 is 0 Å². The van der Waals surface area contributed by atoms with Gasteiger partial charge in [-0.2, -0.15) is 43.9 Å². The molecule has 0 saturated carbocycles. The van der Waals surface area contributed by atoms with E-state index in [2.05, 4.69) is 4.74 Å². The number of rotatable bonds is 2. The van der Waals surface area contributed by atoms with Crippen molar-refractivity contribution in [1.82, 2.24) is 0 Å². The molecule has 0 N–H and O–H groups in total. The van der Waals surface area contributed by atoms with Crippen molar-refractivity contribution < 1.29 is 48.6 Å². The van der Waals surface area contributed by atoms with Crippen molar-refractivity contribution >= 4 is 0 Å². The number of alkyl halides is 10. The fourth-order valence-corrected chi connectivity index (χ4v) is 0.778. The van der Waals surface area contributed by atoms with Crippen molar-refractivity contribution in [2.24, 2.45) is 0 Å². The third kappa shape index (κ3) is 1.29. The molecule has 1 aliphatic rings. The number of halogens is 10. The van der Waals surface area contributed by atoms with Crippen LogP contribution in [0.25, 0.3) is 0 Å². The van der Waals surface area contributed by atoms with Gasteiger partial charge in [-0.15, -0.1) is 0 Å². The highest BCUT2D eigenvalue weighted by Gasteiger charge is 2.97. The van der Waals surface area contributed by atoms with E-state index in [4.69, 9.17) is 0 Å². The summed E-state index contributed by atoms with van der Waals surface area (Å²) >= 11 is 0. The normalized spacial score (nSPS) is 30.4. The Morgan fingerprint density at radius 3 is 1.25 bits per heavy atom. The molecule has 0 radical (unpaired) electrons. The van der Waals surface area contributed by atoms with Gasteiger partial charge in [-0.05, 0) is 0 Å². The number of ether oxygens (including phenoxy) is 1. The molecule has 1 nitrogen and oxygen atoms in total. The minimum Gasteiger partial charge on any atom is -0.265 e. The first-order chi connectivity index (χ1) is 6.71. The summed E-state index contributed by atoms with van der Waals surface area (Å²) in [6, 6.07) is 0. The average molecular weight is 266 g/mol. The van der Waals surface area contributed by atoms with Crippen molar-refractivity contribution in [3.8, 4) is 0 Å². The average Bonchev–Trinajstić information content (AvgIpc) is 2.50. The van der Waals surface area contributed by atoms with Crippen LogP contribution in [0.5, 0.6) is 0 Å². The van der Waals surface area contributed by atoms with Crippen LogP contribution < -0.4 is 0 Å². The predicted molar refractivity (Wildman–Crippen MR) is 25.8 cm³/mol. The third-order valence-corrected chi connectivity index (χ3v) is 1.76. The van der Waals surface area contributed by atoms with Crippen LogP contribution >= 0.6 is 0 Å². The van der Waals surface area contributed by atoms with Crippen LogP contribution in [-0.2, 0) is 4.74 Å². The quantitative estimate of drug-likeness (QED) is 0.552. The second-order valence-electron chi connectivity index (χ2n) is 2.86. The van der Waals surface area contributed by atoms with Gasteiger partial charge in [0, 0.05) is 0 Å². The Morgan fingerprint density at radius 2 is 1.06 bits per heavy atom. The third-order valence-electron chi connectivity index (χ3n) is 1.76. The zero-order chi connectivity index (χ0) is 13.2. The van der Waals surface area contributed by atoms with Crippen molar-refractivity contribution in [2.45, 2.75) is 30.0 Å². The van der Waals surface area contributed by atoms with E-state index in [1.807, 2.05) is 0 Å². The van der Waals surface area contributed by atoms with Gasteiger partial charge in [0.05, 0.1) is 0 Å². The van der Waals surface area contributed by atoms with Gasteiger partial charge in [-0.3, -0.25) is 4.74 Å². The molecule has 0 aromatic heterocycles. The van der Waals surface area contributed by atoms with Crippen LogP contribution in [0.15, 0.2) is 0 Å². The predicted octanol–water partition coefficient (Wildman–Crippen LogP) is 3.11. The molecule has 1 unspecified atom stereocenters. The van der Waals surface area contributed by atoms with Crippen molar-refractivity contribution in [3.05, 3.63) is 0 Å². The molecule has 1 fully saturated rings. The molecule has 0 aromatic carbocycles. The number of hydrogen-bond acceptors (Lipinski definition) is 1. The first-order valence-corrected chi connectivity index (χ1v) is 3.30. The van der Waals surface area contributed by atoms with Gasteiger partial charge in [-0.25, -0.2) is 0 Å². The maximum Gasteiger partial charge on any atom is 0.460 e. The zero-order valence-corrected chi connectivity index (χ0v) is 6.69. The lowest BCUT2D eigenvalue weighted by Gasteiger charge is -2.28. The molecule has 1 rings (SSSR count). The lowest BCUT2D eigenvalue weighted by molar-refractivity contribution is -0.379. The largest absolute Gasteiger partial charge is 0.460 e. The smallest absolute Gasteiger partial charge is 0.265 e. The second-order valence-corrected chi connectivity index (χ2v) is 2.86. The standard InChI is InChI=1S/C5F10O/c6-1(7,2(8,9)4(11,12)13)3(10)5(14,15)16-3. The van der Waals surface area contributed by atoms with Crippen LogP contribution in [-0.4, -0.2) is 30.0 Å². The summed E-state index contributed by atoms with van der Waals surface area (Å²) in [4.78, 5) is 0. The maximum atomic E-state index is 12.4. The molecule has 0 aliphatic carbocycles. The molecule has 0 bridgehead atoms. The van der Waals surface area contributed by atoms with Crippen LogP contribution in [0.3, 0.4) is 0 Å². The number of epoxide rings is 1. The summed E-state index contributed by atoms with van der Waals surface area (Å²) in [6.07, 6.45) is -12.3. The Bertz CT molecular complexity index is 305. The molecular weight excluding hydrogens is 266 g/mol. The molecule has 1 atom stereocenters. The fourth-order valence-electron chi connectivity index (χ4n) is 0.778. The van der Waals surface area contributed by atoms with Gasteiger partial charge in [0.1, 0.15) is 0 Å². The maximum absolute atomic E-state index is 12.4. The number of hydrogen-bond donors (Lipinski definition) is 0. The second kappa shape index (κ2) is 2.74. The van der Waals surface area contributed by atoms with Crippen LogP contribution in [0.1, 0.15) is 0 Å². The first kappa shape index (κ1) is 13.3. The summed E-state index contributed by atoms with van der Waals surface area (Å²) in [5, 5.41) is 0. The van der Waals surface area contributed by atoms with E-state index in [0.717, 1.165) is 0 Å². The van der Waals surface area contributed by atoms with Crippen molar-refractivity contribution in [1.29, 1.82) is 0 Å². The van der Waals surface area contributed by atoms with Gasteiger partial charge in [0.25, 0.3) is 0 Å². The van der Waals surface area contributed by atoms with E-state index in [0.29, 0.717) is 0 Å². The van der Waals surface area contributed by atoms with Crippen molar-refractivity contribution in [2.75, 3.05) is 0 Å². The first-order valence-electron chi connectivity index (χ1n) is 3.30. The molecular formula is C5F10O. The van der Waals surface area contributed by atoms with Crippen LogP contribution in [0, 0.1) is 0 Å². The summed E-state index contributed by atoms with van der Waals surface area (Å²) in [5.74, 6) is -19.4. The highest BCUT2D eigenvalue weighted by Crippen LogP contribution is 2.65. The van der Waals surface area contributed by atoms with Crippen LogP contribution in [0.2, 0.25) is 0 Å². The Morgan fingerprint density at radius 1 is 0.750 bits per heavy atom. The van der Waals surface area contributed by atoms with E-state index in [1.165, 1.54) is 0 Å². The summed E-state index contributed by atoms with van der Waals surface area (Å²) in [6.45, 7) is 0. The highest BCUT2D eigenvalue weighted by atomic mass is 19.4. The summed E-state index contributed by atoms with van der Waals surface area (Å²) < 4.78 is 121. The summed E-state index contributed by atoms with van der Waals surface area (Å²) in [5.41, 5.74) is 0. The van der Waals surface area contributed by atoms with Crippen molar-refractivity contribution in [3.63, 3.8) is 0 Å². The Kier molecular flexibility index (Phi) is 2.28. The zero-order valence-electron chi connectivity index (χ0n) is 6.69. The Balaban J connectivity index is 3.14. The Hall–Kier alpha value is -0.740. The Labute approximate surface area is 80.0 Å². The van der Waals surface area contributed by atoms with Gasteiger partial charge in [0.2, 0.25) is 0 Å². The van der Waals surface area contributed by atoms with E-state index < -0.39 is 30.0 Å². The fraction of sp³-hybridized carbons (Fsp3) is 1.00.